The van der Waals surface area contributed by atoms with Gasteiger partial charge in [-0.05, 0) is 66.6 Å². The van der Waals surface area contributed by atoms with E-state index in [1.54, 1.807) is 36.9 Å². The van der Waals surface area contributed by atoms with Crippen LogP contribution >= 0.6 is 0 Å². The molecule has 1 fully saturated rings. The number of ketones is 1. The molecule has 0 saturated carbocycles. The first-order chi connectivity index (χ1) is 45.0. The minimum atomic E-state index is -2.39. The molecule has 10 amide bonds. The molecule has 508 valence electrons. The van der Waals surface area contributed by atoms with Crippen molar-refractivity contribution in [3.05, 3.63) is 89.0 Å². The average molecular weight is 1320 g/mol. The number of primary amides is 1. The van der Waals surface area contributed by atoms with Gasteiger partial charge in [-0.1, -0.05) is 82.2 Å². The van der Waals surface area contributed by atoms with Crippen molar-refractivity contribution in [3.63, 3.8) is 0 Å². The Balaban J connectivity index is 0.00000729. The van der Waals surface area contributed by atoms with Crippen molar-refractivity contribution >= 4 is 92.2 Å². The number of unbranched alkanes of at least 4 members (excludes halogenated alkanes) is 3. The summed E-state index contributed by atoms with van der Waals surface area (Å²) in [6.07, 6.45) is -2.34. The second kappa shape index (κ2) is 33.2. The maximum atomic E-state index is 15.2. The summed E-state index contributed by atoms with van der Waals surface area (Å²) < 4.78 is 21.3. The van der Waals surface area contributed by atoms with Crippen LogP contribution in [0.2, 0.25) is 0 Å². The molecule has 0 radical (unpaired) electrons. The lowest BCUT2D eigenvalue weighted by atomic mass is 9.92. The van der Waals surface area contributed by atoms with Gasteiger partial charge in [-0.3, -0.25) is 56.9 Å². The van der Waals surface area contributed by atoms with Crippen LogP contribution in [0.15, 0.2) is 71.8 Å². The van der Waals surface area contributed by atoms with E-state index in [0.717, 1.165) is 28.0 Å². The molecule has 3 aromatic carbocycles. The largest absolute Gasteiger partial charge is 0.494 e. The Kier molecular flexibility index (Phi) is 25.0. The molecule has 1 saturated heterocycles. The second-order valence-electron chi connectivity index (χ2n) is 24.2. The Bertz CT molecular complexity index is 3620. The fourth-order valence-electron chi connectivity index (χ4n) is 11.8. The van der Waals surface area contributed by atoms with Crippen LogP contribution in [0, 0.1) is 23.7 Å². The Hall–Kier alpha value is -9.04. The molecule has 2 unspecified atom stereocenters. The number of hydrogen-bond acceptors (Lipinski definition) is 16. The van der Waals surface area contributed by atoms with Crippen molar-refractivity contribution in [1.82, 2.24) is 47.1 Å². The predicted molar refractivity (Wildman–Crippen MR) is 347 cm³/mol. The van der Waals surface area contributed by atoms with Crippen molar-refractivity contribution in [2.45, 2.75) is 164 Å². The standard InChI is InChI=1S/C66H83N11O16S.2H2/c1-4-37(2)59-52(80)18-13-19-56(84)70-49-36-94(92)65-45(30-47(61(87)69-32-57(85)74-59)71-64(90)60(38(3)53(81)35-78)75-63(89)51-28-42(79)34-77(51)66(91)48(31-54(67)82)72-62(49)88)44-23-22-43(29-46(44)73-65)93-27-12-6-5-11-26-68-55(83)24-25-58(86)76-33-41-16-8-7-14-39(41)20-21-40-15-9-10-17-50(40)76;;/h7-10,14-17,22-23,29,37-38,42,47-49,51,53,59-60,73,78-79,81H,4-6,11-13,18-19,24-28,30-36H2,1-3H3,(H2,67,82)(H,68,83)(H,69,87)(H,70,84)(H,71,90)(H,72,88)(H,74,85)(H,75,89);2*1H/t37-,38+,42-,47+,48+,49-,51?,53+,59+,60+,94?;;/m1../s1. The van der Waals surface area contributed by atoms with Crippen molar-refractivity contribution < 1.29 is 79.9 Å². The number of rotatable bonds is 18. The number of Topliss-reactive ketones (excluding diaryl/α,β-unsaturated/α-hetero) is 1. The molecular formula is C66H87N11O16S. The SMILES string of the molecule is CC[C@@H](C)[C@@H]1NC(=O)CNC(=O)[C@@H]2Cc3c([nH]c4cc(OCCCCCCNC(=O)CCC(=O)N5Cc6ccccc6C#Cc6ccccc65)ccc34)S(=O)C[C@@H](NC(=O)CCCC1=O)C(=O)N[C@@H](CC(N)=O)C(=O)N1C[C@H](O)CC1C(=O)N[C@@H]([C@@H](C)[C@@H](O)CO)C(=O)N2.[HH].[HH]. The number of aliphatic hydroxyl groups is 3. The number of aromatic nitrogens is 1. The van der Waals surface area contributed by atoms with Crippen molar-refractivity contribution in [1.29, 1.82) is 0 Å². The molecule has 5 heterocycles. The number of carbonyl (C=O) groups excluding carboxylic acids is 11. The van der Waals surface area contributed by atoms with E-state index in [2.05, 4.69) is 54.0 Å². The lowest BCUT2D eigenvalue weighted by Gasteiger charge is -2.32. The van der Waals surface area contributed by atoms with Crippen LogP contribution < -0.4 is 52.6 Å². The molecule has 28 heteroatoms. The molecule has 8 rings (SSSR count). The smallest absolute Gasteiger partial charge is 0.246 e. The van der Waals surface area contributed by atoms with E-state index in [0.29, 0.717) is 61.1 Å². The first-order valence-corrected chi connectivity index (χ1v) is 33.1. The summed E-state index contributed by atoms with van der Waals surface area (Å²) >= 11 is 0. The lowest BCUT2D eigenvalue weighted by molar-refractivity contribution is -0.144. The van der Waals surface area contributed by atoms with E-state index in [1.807, 2.05) is 48.5 Å². The zero-order valence-corrected chi connectivity index (χ0v) is 53.6. The number of ether oxygens (including phenoxy) is 1. The van der Waals surface area contributed by atoms with Gasteiger partial charge in [-0.2, -0.15) is 0 Å². The number of fused-ring (bicyclic) bond motifs is 7. The number of para-hydroxylation sites is 1. The zero-order valence-electron chi connectivity index (χ0n) is 52.8. The van der Waals surface area contributed by atoms with E-state index in [1.165, 1.54) is 6.92 Å². The van der Waals surface area contributed by atoms with E-state index in [-0.39, 0.29) is 64.0 Å². The molecule has 27 nitrogen and oxygen atoms in total. The van der Waals surface area contributed by atoms with Gasteiger partial charge in [-0.25, -0.2) is 0 Å². The van der Waals surface area contributed by atoms with Gasteiger partial charge in [0.1, 0.15) is 41.0 Å². The topological polar surface area (TPSA) is 407 Å². The summed E-state index contributed by atoms with van der Waals surface area (Å²) in [6, 6.07) is 10.1. The molecular weight excluding hydrogens is 1230 g/mol. The Labute approximate surface area is 549 Å². The van der Waals surface area contributed by atoms with E-state index >= 15 is 4.21 Å². The van der Waals surface area contributed by atoms with E-state index < -0.39 is 169 Å². The number of hydrogen-bond donors (Lipinski definition) is 12. The molecule has 94 heavy (non-hydrogen) atoms. The van der Waals surface area contributed by atoms with Crippen molar-refractivity contribution in [2.24, 2.45) is 17.6 Å². The molecule has 11 atom stereocenters. The quantitative estimate of drug-likeness (QED) is 0.0470. The molecule has 4 aliphatic rings. The number of anilines is 1. The zero-order chi connectivity index (χ0) is 67.8. The Morgan fingerprint density at radius 3 is 2.31 bits per heavy atom. The molecule has 4 aliphatic heterocycles. The number of carbonyl (C=O) groups is 11. The third-order valence-electron chi connectivity index (χ3n) is 17.4. The van der Waals surface area contributed by atoms with Gasteiger partial charge in [0.15, 0.2) is 5.78 Å². The number of nitrogens with one attached hydrogen (secondary N) is 8. The molecule has 13 N–H and O–H groups in total. The number of nitrogens with two attached hydrogens (primary N) is 1. The monoisotopic (exact) mass is 1320 g/mol. The van der Waals surface area contributed by atoms with Crippen LogP contribution in [0.1, 0.15) is 123 Å². The highest BCUT2D eigenvalue weighted by atomic mass is 32.2. The summed E-state index contributed by atoms with van der Waals surface area (Å²) in [4.78, 5) is 159. The van der Waals surface area contributed by atoms with Crippen molar-refractivity contribution in [3.8, 4) is 17.6 Å². The number of aliphatic hydroxyl groups excluding tert-OH is 3. The van der Waals surface area contributed by atoms with Crippen LogP contribution in [0.25, 0.3) is 10.9 Å². The fourth-order valence-corrected chi connectivity index (χ4v) is 13.2. The number of H-pyrrole nitrogens is 1. The van der Waals surface area contributed by atoms with Gasteiger partial charge >= 0.3 is 0 Å². The fraction of sp³-hybridized carbons (Fsp3) is 0.500. The number of nitrogens with zero attached hydrogens (tertiary/aromatic N) is 2. The third-order valence-corrected chi connectivity index (χ3v) is 18.8. The molecule has 2 bridgehead atoms. The maximum absolute atomic E-state index is 15.2. The summed E-state index contributed by atoms with van der Waals surface area (Å²) in [7, 11) is -2.39. The number of amides is 10. The van der Waals surface area contributed by atoms with E-state index in [4.69, 9.17) is 10.5 Å². The van der Waals surface area contributed by atoms with Gasteiger partial charge < -0.3 is 77.8 Å². The summed E-state index contributed by atoms with van der Waals surface area (Å²) in [5.41, 5.74) is 9.17. The van der Waals surface area contributed by atoms with Crippen LogP contribution in [-0.2, 0) is 76.5 Å². The Morgan fingerprint density at radius 2 is 1.55 bits per heavy atom. The van der Waals surface area contributed by atoms with Crippen LogP contribution in [0.5, 0.6) is 5.75 Å². The first kappa shape index (κ1) is 70.8. The van der Waals surface area contributed by atoms with Gasteiger partial charge in [0.05, 0.1) is 78.7 Å². The first-order valence-electron chi connectivity index (χ1n) is 31.8. The van der Waals surface area contributed by atoms with Crippen LogP contribution in [-0.4, -0.2) is 181 Å². The van der Waals surface area contributed by atoms with Crippen molar-refractivity contribution in [2.75, 3.05) is 43.5 Å². The Morgan fingerprint density at radius 1 is 0.819 bits per heavy atom. The summed E-state index contributed by atoms with van der Waals surface area (Å²) in [5.74, 6) is -4.68. The summed E-state index contributed by atoms with van der Waals surface area (Å²) in [5, 5.41) is 50.4. The number of aromatic amines is 1. The maximum Gasteiger partial charge on any atom is 0.246 e. The molecule has 1 aromatic heterocycles. The van der Waals surface area contributed by atoms with Crippen LogP contribution in [0.4, 0.5) is 5.69 Å². The minimum absolute atomic E-state index is 0. The average Bonchev–Trinajstić information content (AvgIpc) is 1.58. The minimum Gasteiger partial charge on any atom is -0.494 e. The molecule has 0 spiro atoms. The van der Waals surface area contributed by atoms with Gasteiger partial charge in [-0.15, -0.1) is 0 Å². The second-order valence-corrected chi connectivity index (χ2v) is 25.7. The number of benzene rings is 3. The van der Waals surface area contributed by atoms with Gasteiger partial charge in [0, 0.05) is 83.0 Å². The van der Waals surface area contributed by atoms with E-state index in [9.17, 15) is 68.1 Å². The highest BCUT2D eigenvalue weighted by Crippen LogP contribution is 2.32. The normalized spacial score (nSPS) is 23.6. The third kappa shape index (κ3) is 18.4. The highest BCUT2D eigenvalue weighted by Gasteiger charge is 2.45. The molecule has 4 aromatic rings. The van der Waals surface area contributed by atoms with Gasteiger partial charge in [0.2, 0.25) is 59.1 Å². The summed E-state index contributed by atoms with van der Waals surface area (Å²) in [6.45, 7) is 3.66. The highest BCUT2D eigenvalue weighted by molar-refractivity contribution is 7.85. The van der Waals surface area contributed by atoms with Gasteiger partial charge in [0.25, 0.3) is 0 Å². The van der Waals surface area contributed by atoms with Crippen LogP contribution in [0.3, 0.4) is 0 Å². The predicted octanol–water partition coefficient (Wildman–Crippen LogP) is 0.272. The molecule has 0 aliphatic carbocycles. The lowest BCUT2D eigenvalue weighted by Crippen LogP contribution is -2.61.